The lowest BCUT2D eigenvalue weighted by Crippen LogP contribution is -2.44. The zero-order valence-electron chi connectivity index (χ0n) is 17.7. The number of amides is 2. The van der Waals surface area contributed by atoms with E-state index in [1.54, 1.807) is 0 Å². The van der Waals surface area contributed by atoms with Crippen LogP contribution in [0.15, 0.2) is 18.2 Å². The summed E-state index contributed by atoms with van der Waals surface area (Å²) in [5.74, 6) is 0.930. The number of hydrogen-bond donors (Lipinski definition) is 1. The van der Waals surface area contributed by atoms with Crippen LogP contribution in [0.3, 0.4) is 0 Å². The lowest BCUT2D eigenvalue weighted by atomic mass is 9.65. The highest BCUT2D eigenvalue weighted by Crippen LogP contribution is 2.48. The molecule has 1 N–H and O–H groups in total. The van der Waals surface area contributed by atoms with Crippen molar-refractivity contribution < 1.29 is 9.59 Å². The van der Waals surface area contributed by atoms with Gasteiger partial charge >= 0.3 is 0 Å². The number of nitrogens with zero attached hydrogens (tertiary/aromatic N) is 5. The molecule has 8 heteroatoms. The van der Waals surface area contributed by atoms with E-state index >= 15 is 0 Å². The van der Waals surface area contributed by atoms with Crippen LogP contribution < -0.4 is 5.32 Å². The number of rotatable bonds is 4. The van der Waals surface area contributed by atoms with Crippen molar-refractivity contribution in [2.45, 2.75) is 63.7 Å². The summed E-state index contributed by atoms with van der Waals surface area (Å²) in [5.41, 5.74) is 2.25. The van der Waals surface area contributed by atoms with Crippen LogP contribution in [-0.4, -0.2) is 44.4 Å². The van der Waals surface area contributed by atoms with Crippen LogP contribution in [0.5, 0.6) is 0 Å². The SMILES string of the molecule is N#CCC(=O)N1CCC2(CCC(c3cccc4nc(NC(=O)C5CC5)nn34)CC2)CC1. The first-order valence-electron chi connectivity index (χ1n) is 11.4. The van der Waals surface area contributed by atoms with Crippen molar-refractivity contribution in [3.63, 3.8) is 0 Å². The fraction of sp³-hybridized carbons (Fsp3) is 0.609. The third-order valence-corrected chi connectivity index (χ3v) is 7.44. The first-order chi connectivity index (χ1) is 15.1. The Hall–Kier alpha value is -2.95. The molecular formula is C23H28N6O2. The molecule has 3 aliphatic rings. The Kier molecular flexibility index (Phi) is 5.12. The standard InChI is InChI=1S/C23H28N6O2/c24-13-8-20(30)28-14-11-23(12-15-28)9-6-16(7-10-23)18-2-1-3-19-25-22(27-29(18)19)26-21(31)17-4-5-17/h1-3,16-17H,4-12,14-15H2,(H,26,27,31). The Balaban J connectivity index is 1.24. The van der Waals surface area contributed by atoms with E-state index in [0.717, 1.165) is 75.8 Å². The molecule has 0 unspecified atom stereocenters. The van der Waals surface area contributed by atoms with Crippen molar-refractivity contribution in [3.05, 3.63) is 23.9 Å². The zero-order chi connectivity index (χ0) is 21.4. The van der Waals surface area contributed by atoms with Crippen molar-refractivity contribution >= 4 is 23.4 Å². The molecule has 2 aromatic rings. The second-order valence-corrected chi connectivity index (χ2v) is 9.41. The lowest BCUT2D eigenvalue weighted by molar-refractivity contribution is -0.132. The summed E-state index contributed by atoms with van der Waals surface area (Å²) < 4.78 is 1.90. The molecule has 162 valence electrons. The highest BCUT2D eigenvalue weighted by molar-refractivity contribution is 5.92. The molecule has 0 bridgehead atoms. The number of aromatic nitrogens is 3. The maximum Gasteiger partial charge on any atom is 0.249 e. The smallest absolute Gasteiger partial charge is 0.249 e. The molecule has 1 spiro atoms. The third kappa shape index (κ3) is 4.01. The number of likely N-dealkylation sites (tertiary alicyclic amines) is 1. The predicted molar refractivity (Wildman–Crippen MR) is 114 cm³/mol. The van der Waals surface area contributed by atoms with E-state index in [0.29, 0.717) is 17.3 Å². The van der Waals surface area contributed by atoms with E-state index < -0.39 is 0 Å². The second kappa shape index (κ2) is 7.95. The number of nitrogens with one attached hydrogen (secondary N) is 1. The molecule has 2 aromatic heterocycles. The highest BCUT2D eigenvalue weighted by Gasteiger charge is 2.39. The Morgan fingerprint density at radius 1 is 1.13 bits per heavy atom. The molecule has 3 fully saturated rings. The minimum Gasteiger partial charge on any atom is -0.342 e. The lowest BCUT2D eigenvalue weighted by Gasteiger charge is -2.46. The maximum atomic E-state index is 12.1. The van der Waals surface area contributed by atoms with E-state index in [1.807, 2.05) is 27.6 Å². The Bertz CT molecular complexity index is 1030. The molecule has 0 radical (unpaired) electrons. The van der Waals surface area contributed by atoms with Gasteiger partial charge in [0.1, 0.15) is 6.42 Å². The molecule has 2 aliphatic carbocycles. The average molecular weight is 421 g/mol. The van der Waals surface area contributed by atoms with Crippen molar-refractivity contribution in [1.29, 1.82) is 5.26 Å². The average Bonchev–Trinajstić information content (AvgIpc) is 3.55. The first kappa shape index (κ1) is 20.0. The van der Waals surface area contributed by atoms with Gasteiger partial charge in [-0.1, -0.05) is 6.07 Å². The van der Waals surface area contributed by atoms with E-state index in [2.05, 4.69) is 21.5 Å². The number of carbonyl (C=O) groups is 2. The van der Waals surface area contributed by atoms with Crippen molar-refractivity contribution in [2.24, 2.45) is 11.3 Å². The highest BCUT2D eigenvalue weighted by atomic mass is 16.2. The normalized spacial score (nSPS) is 21.2. The summed E-state index contributed by atoms with van der Waals surface area (Å²) in [7, 11) is 0. The summed E-state index contributed by atoms with van der Waals surface area (Å²) in [5, 5.41) is 16.2. The second-order valence-electron chi connectivity index (χ2n) is 9.41. The predicted octanol–water partition coefficient (Wildman–Crippen LogP) is 3.26. The number of pyridine rings is 1. The van der Waals surface area contributed by atoms with Crippen LogP contribution in [0.4, 0.5) is 5.95 Å². The van der Waals surface area contributed by atoms with Gasteiger partial charge in [-0.15, -0.1) is 5.10 Å². The number of anilines is 1. The van der Waals surface area contributed by atoms with Crippen molar-refractivity contribution in [2.75, 3.05) is 18.4 Å². The summed E-state index contributed by atoms with van der Waals surface area (Å²) in [4.78, 5) is 30.4. The molecule has 2 saturated carbocycles. The van der Waals surface area contributed by atoms with Gasteiger partial charge in [-0.3, -0.25) is 14.9 Å². The maximum absolute atomic E-state index is 12.1. The molecule has 0 atom stereocenters. The van der Waals surface area contributed by atoms with Crippen molar-refractivity contribution in [1.82, 2.24) is 19.5 Å². The van der Waals surface area contributed by atoms with Crippen LogP contribution >= 0.6 is 0 Å². The van der Waals surface area contributed by atoms with E-state index in [1.165, 1.54) is 0 Å². The van der Waals surface area contributed by atoms with Gasteiger partial charge < -0.3 is 4.90 Å². The molecule has 3 heterocycles. The summed E-state index contributed by atoms with van der Waals surface area (Å²) >= 11 is 0. The van der Waals surface area contributed by atoms with Crippen LogP contribution in [0.2, 0.25) is 0 Å². The number of fused-ring (bicyclic) bond motifs is 1. The summed E-state index contributed by atoms with van der Waals surface area (Å²) in [6.45, 7) is 1.54. The van der Waals surface area contributed by atoms with Crippen LogP contribution in [0.25, 0.3) is 5.65 Å². The fourth-order valence-electron chi connectivity index (χ4n) is 5.28. The summed E-state index contributed by atoms with van der Waals surface area (Å²) in [6.07, 6.45) is 8.44. The number of piperidine rings is 1. The van der Waals surface area contributed by atoms with Crippen LogP contribution in [-0.2, 0) is 9.59 Å². The van der Waals surface area contributed by atoms with Crippen LogP contribution in [0, 0.1) is 22.7 Å². The van der Waals surface area contributed by atoms with Crippen molar-refractivity contribution in [3.8, 4) is 6.07 Å². The molecule has 8 nitrogen and oxygen atoms in total. The Morgan fingerprint density at radius 2 is 1.87 bits per heavy atom. The molecule has 31 heavy (non-hydrogen) atoms. The van der Waals surface area contributed by atoms with Gasteiger partial charge in [-0.25, -0.2) is 4.52 Å². The third-order valence-electron chi connectivity index (χ3n) is 7.44. The molecule has 1 saturated heterocycles. The molecule has 1 aliphatic heterocycles. The Morgan fingerprint density at radius 3 is 2.55 bits per heavy atom. The van der Waals surface area contributed by atoms with E-state index in [-0.39, 0.29) is 24.2 Å². The van der Waals surface area contributed by atoms with E-state index in [9.17, 15) is 9.59 Å². The van der Waals surface area contributed by atoms with Gasteiger partial charge in [0.25, 0.3) is 0 Å². The summed E-state index contributed by atoms with van der Waals surface area (Å²) in [6, 6.07) is 8.05. The molecule has 0 aromatic carbocycles. The minimum atomic E-state index is -0.0338. The van der Waals surface area contributed by atoms with Crippen LogP contribution in [0.1, 0.15) is 69.4 Å². The van der Waals surface area contributed by atoms with Gasteiger partial charge in [0, 0.05) is 30.6 Å². The quantitative estimate of drug-likeness (QED) is 0.818. The van der Waals surface area contributed by atoms with Gasteiger partial charge in [-0.2, -0.15) is 10.2 Å². The molecule has 5 rings (SSSR count). The molecule has 2 amide bonds. The van der Waals surface area contributed by atoms with Gasteiger partial charge in [0.2, 0.25) is 17.8 Å². The van der Waals surface area contributed by atoms with E-state index in [4.69, 9.17) is 5.26 Å². The minimum absolute atomic E-state index is 0.0138. The van der Waals surface area contributed by atoms with Gasteiger partial charge in [0.05, 0.1) is 6.07 Å². The Labute approximate surface area is 181 Å². The largest absolute Gasteiger partial charge is 0.342 e. The molecular weight excluding hydrogens is 392 g/mol. The first-order valence-corrected chi connectivity index (χ1v) is 11.4. The number of carbonyl (C=O) groups excluding carboxylic acids is 2. The number of hydrogen-bond acceptors (Lipinski definition) is 5. The fourth-order valence-corrected chi connectivity index (χ4v) is 5.28. The zero-order valence-corrected chi connectivity index (χ0v) is 17.7. The topological polar surface area (TPSA) is 103 Å². The number of nitriles is 1. The van der Waals surface area contributed by atoms with Gasteiger partial charge in [0.15, 0.2) is 5.65 Å². The van der Waals surface area contributed by atoms with Gasteiger partial charge in [-0.05, 0) is 68.9 Å². The monoisotopic (exact) mass is 420 g/mol.